The summed E-state index contributed by atoms with van der Waals surface area (Å²) in [7, 11) is 0. The summed E-state index contributed by atoms with van der Waals surface area (Å²) >= 11 is 0. The van der Waals surface area contributed by atoms with Gasteiger partial charge >= 0.3 is 0 Å². The van der Waals surface area contributed by atoms with Crippen molar-refractivity contribution in [3.63, 3.8) is 0 Å². The van der Waals surface area contributed by atoms with Crippen LogP contribution in [0.15, 0.2) is 0 Å². The fraction of sp³-hybridized carbons (Fsp3) is 1.00. The van der Waals surface area contributed by atoms with E-state index in [-0.39, 0.29) is 13.5 Å². The average molecular weight is 178 g/mol. The molecule has 0 radical (unpaired) electrons. The minimum atomic E-state index is 0. The maximum atomic E-state index is 2.29. The molecule has 0 saturated carbocycles. The highest BCUT2D eigenvalue weighted by atomic mass is 32.1. The fourth-order valence-corrected chi connectivity index (χ4v) is 1.62. The van der Waals surface area contributed by atoms with E-state index in [1.165, 1.54) is 37.1 Å². The van der Waals surface area contributed by atoms with Crippen LogP contribution in [0.3, 0.4) is 0 Å². The van der Waals surface area contributed by atoms with E-state index in [4.69, 9.17) is 0 Å². The first-order chi connectivity index (χ1) is 4.74. The van der Waals surface area contributed by atoms with Gasteiger partial charge in [0.1, 0.15) is 0 Å². The van der Waals surface area contributed by atoms with Crippen molar-refractivity contribution in [1.29, 1.82) is 0 Å². The first-order valence-electron chi connectivity index (χ1n) is 4.59. The lowest BCUT2D eigenvalue weighted by molar-refractivity contribution is -0.923. The average Bonchev–Trinajstić information content (AvgIpc) is 2.01. The van der Waals surface area contributed by atoms with Gasteiger partial charge in [-0.3, -0.25) is 0 Å². The Morgan fingerprint density at radius 3 is 1.27 bits per heavy atom. The highest BCUT2D eigenvalue weighted by Crippen LogP contribution is 2.06. The molecule has 0 rings (SSSR count). The van der Waals surface area contributed by atoms with Crippen LogP contribution in [0.4, 0.5) is 0 Å². The number of hydrogen-bond donors (Lipinski definition) is 0. The van der Waals surface area contributed by atoms with Gasteiger partial charge in [0.05, 0.1) is 26.2 Å². The van der Waals surface area contributed by atoms with Gasteiger partial charge in [-0.1, -0.05) is 6.92 Å². The van der Waals surface area contributed by atoms with Crippen molar-refractivity contribution in [2.75, 3.05) is 26.2 Å². The summed E-state index contributed by atoms with van der Waals surface area (Å²) < 4.78 is 1.30. The predicted molar refractivity (Wildman–Crippen MR) is 57.4 cm³/mol. The van der Waals surface area contributed by atoms with E-state index < -0.39 is 0 Å². The quantitative estimate of drug-likeness (QED) is 0.567. The minimum Gasteiger partial charge on any atom is -0.324 e. The molecule has 11 heavy (non-hydrogen) atoms. The van der Waals surface area contributed by atoms with Crippen molar-refractivity contribution in [1.82, 2.24) is 0 Å². The van der Waals surface area contributed by atoms with Gasteiger partial charge in [-0.15, -0.1) is 0 Å². The highest BCUT2D eigenvalue weighted by molar-refractivity contribution is 7.59. The Kier molecular flexibility index (Phi) is 8.81. The molecule has 0 saturated heterocycles. The van der Waals surface area contributed by atoms with Crippen LogP contribution in [0, 0.1) is 0 Å². The molecular weight excluding hydrogens is 154 g/mol. The zero-order chi connectivity index (χ0) is 8.04. The zero-order valence-corrected chi connectivity index (χ0v) is 9.48. The van der Waals surface area contributed by atoms with Gasteiger partial charge in [-0.2, -0.15) is 13.5 Å². The van der Waals surface area contributed by atoms with Crippen LogP contribution in [-0.4, -0.2) is 30.7 Å². The van der Waals surface area contributed by atoms with E-state index in [2.05, 4.69) is 27.7 Å². The number of nitrogens with zero attached hydrogens (tertiary/aromatic N) is 1. The molecule has 0 fully saturated rings. The molecule has 0 heterocycles. The smallest absolute Gasteiger partial charge is 0.0783 e. The Bertz CT molecular complexity index is 71.4. The molecule has 0 bridgehead atoms. The molecule has 0 aliphatic rings. The van der Waals surface area contributed by atoms with Crippen LogP contribution in [0.1, 0.15) is 34.1 Å². The topological polar surface area (TPSA) is 0 Å². The molecule has 0 amide bonds. The molecule has 0 spiro atoms. The summed E-state index contributed by atoms with van der Waals surface area (Å²) in [5, 5.41) is 0. The maximum absolute atomic E-state index is 2.29. The first-order valence-corrected chi connectivity index (χ1v) is 4.59. The van der Waals surface area contributed by atoms with E-state index >= 15 is 0 Å². The standard InChI is InChI=1S/C9H22N.H2S/c1-5-9-10(6-2,7-3)8-4;/h5-9H2,1-4H3;1H2/q+1;. The molecule has 0 atom stereocenters. The van der Waals surface area contributed by atoms with Crippen LogP contribution in [0.5, 0.6) is 0 Å². The second-order valence-corrected chi connectivity index (χ2v) is 3.01. The lowest BCUT2D eigenvalue weighted by atomic mass is 10.3. The van der Waals surface area contributed by atoms with E-state index in [0.717, 1.165) is 0 Å². The summed E-state index contributed by atoms with van der Waals surface area (Å²) in [4.78, 5) is 0. The van der Waals surface area contributed by atoms with Crippen molar-refractivity contribution in [2.45, 2.75) is 34.1 Å². The Hall–Kier alpha value is 0.310. The lowest BCUT2D eigenvalue weighted by Crippen LogP contribution is -2.47. The Morgan fingerprint density at radius 2 is 1.18 bits per heavy atom. The summed E-state index contributed by atoms with van der Waals surface area (Å²) in [6, 6.07) is 0. The molecule has 0 aliphatic heterocycles. The minimum absolute atomic E-state index is 0. The van der Waals surface area contributed by atoms with Gasteiger partial charge in [0.2, 0.25) is 0 Å². The highest BCUT2D eigenvalue weighted by Gasteiger charge is 2.17. The molecule has 0 aromatic rings. The van der Waals surface area contributed by atoms with Gasteiger partial charge in [0.15, 0.2) is 0 Å². The Balaban J connectivity index is 0. The molecule has 0 aromatic carbocycles. The monoisotopic (exact) mass is 178 g/mol. The molecule has 0 unspecified atom stereocenters. The van der Waals surface area contributed by atoms with Gasteiger partial charge in [0.25, 0.3) is 0 Å². The van der Waals surface area contributed by atoms with Crippen molar-refractivity contribution >= 4 is 13.5 Å². The van der Waals surface area contributed by atoms with E-state index in [0.29, 0.717) is 0 Å². The SMILES string of the molecule is CCC[N+](CC)(CC)CC.S. The van der Waals surface area contributed by atoms with Crippen LogP contribution < -0.4 is 0 Å². The van der Waals surface area contributed by atoms with Crippen molar-refractivity contribution in [3.8, 4) is 0 Å². The molecule has 1 nitrogen and oxygen atoms in total. The molecular formula is C9H24NS+. The summed E-state index contributed by atoms with van der Waals surface area (Å²) in [5.74, 6) is 0. The normalized spacial score (nSPS) is 10.9. The summed E-state index contributed by atoms with van der Waals surface area (Å²) in [6.45, 7) is 14.4. The van der Waals surface area contributed by atoms with Gasteiger partial charge < -0.3 is 4.48 Å². The Morgan fingerprint density at radius 1 is 0.818 bits per heavy atom. The predicted octanol–water partition coefficient (Wildman–Crippen LogP) is 2.39. The van der Waals surface area contributed by atoms with E-state index in [1.54, 1.807) is 0 Å². The van der Waals surface area contributed by atoms with Gasteiger partial charge in [-0.25, -0.2) is 0 Å². The van der Waals surface area contributed by atoms with Gasteiger partial charge in [-0.05, 0) is 27.2 Å². The largest absolute Gasteiger partial charge is 0.324 e. The van der Waals surface area contributed by atoms with Crippen molar-refractivity contribution in [3.05, 3.63) is 0 Å². The third-order valence-corrected chi connectivity index (χ3v) is 2.71. The van der Waals surface area contributed by atoms with Crippen LogP contribution in [-0.2, 0) is 0 Å². The molecule has 0 aromatic heterocycles. The molecule has 2 heteroatoms. The third-order valence-electron chi connectivity index (χ3n) is 2.71. The maximum Gasteiger partial charge on any atom is 0.0783 e. The third kappa shape index (κ3) is 4.02. The lowest BCUT2D eigenvalue weighted by Gasteiger charge is -2.35. The first kappa shape index (κ1) is 13.9. The van der Waals surface area contributed by atoms with Crippen LogP contribution in [0.2, 0.25) is 0 Å². The van der Waals surface area contributed by atoms with Crippen molar-refractivity contribution in [2.24, 2.45) is 0 Å². The molecule has 0 N–H and O–H groups in total. The second kappa shape index (κ2) is 6.99. The fourth-order valence-electron chi connectivity index (χ4n) is 1.62. The van der Waals surface area contributed by atoms with Gasteiger partial charge in [0, 0.05) is 0 Å². The molecule has 70 valence electrons. The summed E-state index contributed by atoms with van der Waals surface area (Å²) in [5.41, 5.74) is 0. The molecule has 0 aliphatic carbocycles. The summed E-state index contributed by atoms with van der Waals surface area (Å²) in [6.07, 6.45) is 1.32. The van der Waals surface area contributed by atoms with Crippen LogP contribution in [0.25, 0.3) is 0 Å². The van der Waals surface area contributed by atoms with E-state index in [9.17, 15) is 0 Å². The number of quaternary nitrogens is 1. The number of rotatable bonds is 5. The zero-order valence-electron chi connectivity index (χ0n) is 8.48. The Labute approximate surface area is 78.8 Å². The van der Waals surface area contributed by atoms with Crippen LogP contribution >= 0.6 is 13.5 Å². The second-order valence-electron chi connectivity index (χ2n) is 3.01. The number of hydrogen-bond acceptors (Lipinski definition) is 0. The van der Waals surface area contributed by atoms with E-state index in [1.807, 2.05) is 0 Å². The van der Waals surface area contributed by atoms with Crippen molar-refractivity contribution < 1.29 is 4.48 Å².